The van der Waals surface area contributed by atoms with Crippen LogP contribution < -0.4 is 52.3 Å². The number of pyridine rings is 4. The number of hydrogen-bond donors (Lipinski definition) is 8. The van der Waals surface area contributed by atoms with Crippen molar-refractivity contribution in [1.82, 2.24) is 70.7 Å². The molecule has 0 radical (unpaired) electrons. The Kier molecular flexibility index (Phi) is 11.5. The highest BCUT2D eigenvalue weighted by atomic mass is 15.3. The van der Waals surface area contributed by atoms with Crippen LogP contribution in [0.3, 0.4) is 0 Å². The Morgan fingerprint density at radius 1 is 0.686 bits per heavy atom. The number of piperazine rings is 3. The van der Waals surface area contributed by atoms with Gasteiger partial charge in [0.2, 0.25) is 5.95 Å². The first-order chi connectivity index (χ1) is 34.4. The normalized spacial score (nSPS) is 20.5. The van der Waals surface area contributed by atoms with E-state index in [0.717, 1.165) is 141 Å². The zero-order chi connectivity index (χ0) is 47.0. The molecule has 0 bridgehead atoms. The predicted octanol–water partition coefficient (Wildman–Crippen LogP) is 4.31. The van der Waals surface area contributed by atoms with E-state index < -0.39 is 5.66 Å². The molecule has 5 aliphatic heterocycles. The predicted molar refractivity (Wildman–Crippen MR) is 276 cm³/mol. The molecule has 12 rings (SSSR count). The molecule has 20 heteroatoms. The maximum Gasteiger partial charge on any atom is 0.246 e. The van der Waals surface area contributed by atoms with Crippen molar-refractivity contribution in [3.8, 4) is 11.3 Å². The van der Waals surface area contributed by atoms with Crippen LogP contribution in [0.5, 0.6) is 0 Å². The lowest BCUT2D eigenvalue weighted by atomic mass is 9.96. The Morgan fingerprint density at radius 2 is 1.46 bits per heavy atom. The molecule has 2 unspecified atom stereocenters. The second-order valence-electron chi connectivity index (χ2n) is 18.4. The lowest BCUT2D eigenvalue weighted by Gasteiger charge is -2.37. The molecule has 0 amide bonds. The fourth-order valence-electron chi connectivity index (χ4n) is 9.88. The van der Waals surface area contributed by atoms with Gasteiger partial charge in [0.15, 0.2) is 0 Å². The number of anilines is 7. The molecular weight excluding hydrogens is 881 g/mol. The lowest BCUT2D eigenvalue weighted by molar-refractivity contribution is 0.305. The standard InChI is InChI=1S/C50H56N20/c1-32-48(38-6-5-37-36(60-38)7-9-50(2,64-37)65-46-24-33(8-10-54-46)67-18-11-51-12-19-67)43(69-22-15-53-16-23-69)27-47(59-32)62-44-25-39-41(31-57-44)61-40(30-55-39)35-29-56-45(26-42(35)68-20-13-52-14-21-68)63-49-58-28-34-4-3-17-70(34)66-49/h3-10,17,24-32,51-53,59,64H,11-16,18-23H2,1-2H3,(H,54,65)(H,57,62)(H,56,63,66). The Balaban J connectivity index is 0.789. The maximum atomic E-state index is 5.27. The minimum absolute atomic E-state index is 0.0667. The molecule has 356 valence electrons. The van der Waals surface area contributed by atoms with Crippen molar-refractivity contribution in [2.45, 2.75) is 25.6 Å². The summed E-state index contributed by atoms with van der Waals surface area (Å²) in [7, 11) is 0. The summed E-state index contributed by atoms with van der Waals surface area (Å²) in [5, 5.41) is 32.9. The second kappa shape index (κ2) is 18.5. The Hall–Kier alpha value is -7.94. The van der Waals surface area contributed by atoms with Crippen LogP contribution in [-0.4, -0.2) is 140 Å². The highest BCUT2D eigenvalue weighted by molar-refractivity contribution is 5.84. The Labute approximate surface area is 405 Å². The van der Waals surface area contributed by atoms with Crippen LogP contribution in [-0.2, 0) is 0 Å². The van der Waals surface area contributed by atoms with Gasteiger partial charge >= 0.3 is 0 Å². The minimum atomic E-state index is -0.559. The molecule has 20 nitrogen and oxygen atoms in total. The molecule has 3 fully saturated rings. The van der Waals surface area contributed by atoms with Gasteiger partial charge in [0.25, 0.3) is 0 Å². The molecule has 7 aromatic heterocycles. The molecular formula is C50H56N20. The SMILES string of the molecule is CC1NC(Nc2cc3ncc(-c4cnc(Nc5ncc6cccn6n5)cc4N4CCNCC4)nc3cn2)=CC(N2CCNCC2)=C1c1ccc2c(n1)C=CC(C)(Nc1cc(N3CCNCC3)ccn1)N2. The zero-order valence-electron chi connectivity index (χ0n) is 39.2. The minimum Gasteiger partial charge on any atom is -0.369 e. The summed E-state index contributed by atoms with van der Waals surface area (Å²) < 4.78 is 1.78. The topological polar surface area (TPSA) is 213 Å². The van der Waals surface area contributed by atoms with Gasteiger partial charge in [-0.1, -0.05) is 0 Å². The van der Waals surface area contributed by atoms with Crippen LogP contribution in [0.2, 0.25) is 0 Å². The summed E-state index contributed by atoms with van der Waals surface area (Å²) in [6.07, 6.45) is 17.4. The summed E-state index contributed by atoms with van der Waals surface area (Å²) in [4.78, 5) is 41.2. The molecule has 7 aromatic rings. The fourth-order valence-corrected chi connectivity index (χ4v) is 9.88. The number of hydrogen-bond acceptors (Lipinski definition) is 19. The van der Waals surface area contributed by atoms with Gasteiger partial charge in [0, 0.05) is 144 Å². The van der Waals surface area contributed by atoms with E-state index in [9.17, 15) is 0 Å². The zero-order valence-corrected chi connectivity index (χ0v) is 39.2. The van der Waals surface area contributed by atoms with Gasteiger partial charge in [-0.2, -0.15) is 0 Å². The third-order valence-corrected chi connectivity index (χ3v) is 13.4. The summed E-state index contributed by atoms with van der Waals surface area (Å²) in [5.41, 5.74) is 10.6. The van der Waals surface area contributed by atoms with Crippen molar-refractivity contribution in [1.29, 1.82) is 0 Å². The number of nitrogens with zero attached hydrogens (tertiary/aromatic N) is 12. The highest BCUT2D eigenvalue weighted by Crippen LogP contribution is 2.36. The van der Waals surface area contributed by atoms with Crippen molar-refractivity contribution in [2.75, 3.05) is 110 Å². The van der Waals surface area contributed by atoms with Crippen molar-refractivity contribution < 1.29 is 0 Å². The summed E-state index contributed by atoms with van der Waals surface area (Å²) >= 11 is 0. The van der Waals surface area contributed by atoms with Crippen LogP contribution >= 0.6 is 0 Å². The quantitative estimate of drug-likeness (QED) is 0.0908. The Bertz CT molecular complexity index is 3160. The van der Waals surface area contributed by atoms with E-state index in [2.05, 4.69) is 129 Å². The lowest BCUT2D eigenvalue weighted by Crippen LogP contribution is -2.45. The molecule has 3 saturated heterocycles. The summed E-state index contributed by atoms with van der Waals surface area (Å²) in [6.45, 7) is 15.2. The number of dihydropyridines is 1. The summed E-state index contributed by atoms with van der Waals surface area (Å²) in [5.74, 6) is 3.42. The average molecular weight is 937 g/mol. The van der Waals surface area contributed by atoms with Gasteiger partial charge in [-0.25, -0.2) is 34.4 Å². The fraction of sp³-hybridized carbons (Fsp3) is 0.320. The molecule has 5 aliphatic rings. The number of fused-ring (bicyclic) bond motifs is 3. The van der Waals surface area contributed by atoms with Gasteiger partial charge in [-0.05, 0) is 56.3 Å². The molecule has 0 aromatic carbocycles. The van der Waals surface area contributed by atoms with Crippen LogP contribution in [0.25, 0.3) is 39.5 Å². The van der Waals surface area contributed by atoms with Gasteiger partial charge < -0.3 is 57.2 Å². The van der Waals surface area contributed by atoms with E-state index in [0.29, 0.717) is 28.8 Å². The number of aromatic nitrogens is 9. The largest absolute Gasteiger partial charge is 0.369 e. The van der Waals surface area contributed by atoms with Crippen molar-refractivity contribution >= 4 is 68.7 Å². The van der Waals surface area contributed by atoms with E-state index in [1.807, 2.05) is 49.1 Å². The van der Waals surface area contributed by atoms with Crippen LogP contribution in [0.1, 0.15) is 25.2 Å². The van der Waals surface area contributed by atoms with Crippen LogP contribution in [0.4, 0.5) is 40.5 Å². The molecule has 0 aliphatic carbocycles. The maximum absolute atomic E-state index is 5.27. The monoisotopic (exact) mass is 936 g/mol. The van der Waals surface area contributed by atoms with Crippen molar-refractivity contribution in [3.63, 3.8) is 0 Å². The number of allylic oxidation sites excluding steroid dienone is 1. The molecule has 0 saturated carbocycles. The number of rotatable bonds is 11. The van der Waals surface area contributed by atoms with E-state index in [4.69, 9.17) is 24.9 Å². The summed E-state index contributed by atoms with van der Waals surface area (Å²) in [6, 6.07) is 16.3. The third-order valence-electron chi connectivity index (χ3n) is 13.4. The van der Waals surface area contributed by atoms with Crippen molar-refractivity contribution in [3.05, 3.63) is 121 Å². The first kappa shape index (κ1) is 43.3. The second-order valence-corrected chi connectivity index (χ2v) is 18.4. The Morgan fingerprint density at radius 3 is 2.29 bits per heavy atom. The smallest absolute Gasteiger partial charge is 0.246 e. The van der Waals surface area contributed by atoms with Crippen LogP contribution in [0, 0.1) is 0 Å². The van der Waals surface area contributed by atoms with Gasteiger partial charge in [-0.15, -0.1) is 5.10 Å². The van der Waals surface area contributed by atoms with E-state index in [-0.39, 0.29) is 6.04 Å². The van der Waals surface area contributed by atoms with E-state index in [1.54, 1.807) is 16.9 Å². The van der Waals surface area contributed by atoms with Crippen LogP contribution in [0.15, 0.2) is 109 Å². The third kappa shape index (κ3) is 8.94. The van der Waals surface area contributed by atoms with E-state index in [1.165, 1.54) is 5.69 Å². The molecule has 2 atom stereocenters. The first-order valence-electron chi connectivity index (χ1n) is 24.2. The van der Waals surface area contributed by atoms with Gasteiger partial charge in [0.05, 0.1) is 64.1 Å². The highest BCUT2D eigenvalue weighted by Gasteiger charge is 2.30. The molecule has 8 N–H and O–H groups in total. The molecule has 0 spiro atoms. The van der Waals surface area contributed by atoms with E-state index >= 15 is 0 Å². The average Bonchev–Trinajstić information content (AvgIpc) is 3.87. The molecule has 12 heterocycles. The van der Waals surface area contributed by atoms with Gasteiger partial charge in [0.1, 0.15) is 34.5 Å². The molecule has 70 heavy (non-hydrogen) atoms. The van der Waals surface area contributed by atoms with Crippen molar-refractivity contribution in [2.24, 2.45) is 0 Å². The first-order valence-corrected chi connectivity index (χ1v) is 24.2. The number of nitrogens with one attached hydrogen (secondary N) is 8. The van der Waals surface area contributed by atoms with Gasteiger partial charge in [-0.3, -0.25) is 4.98 Å².